The van der Waals surface area contributed by atoms with Gasteiger partial charge in [0.1, 0.15) is 0 Å². The molecule has 0 aromatic heterocycles. The van der Waals surface area contributed by atoms with Gasteiger partial charge in [-0.25, -0.2) is 17.9 Å². The Bertz CT molecular complexity index is 594. The number of sulfonamides is 1. The highest BCUT2D eigenvalue weighted by atomic mass is 32.2. The summed E-state index contributed by atoms with van der Waals surface area (Å²) >= 11 is 0. The molecule has 0 unspecified atom stereocenters. The van der Waals surface area contributed by atoms with E-state index in [0.717, 1.165) is 0 Å². The van der Waals surface area contributed by atoms with Gasteiger partial charge in [-0.1, -0.05) is 12.1 Å². The lowest BCUT2D eigenvalue weighted by Crippen LogP contribution is -2.26. The molecule has 6 heteroatoms. The number of nitrogens with one attached hydrogen (secondary N) is 1. The predicted molar refractivity (Wildman–Crippen MR) is 72.1 cm³/mol. The second kappa shape index (κ2) is 6.92. The molecule has 1 aromatic rings. The Labute approximate surface area is 112 Å². The molecular formula is C13H15NO4S. The highest BCUT2D eigenvalue weighted by Gasteiger charge is 2.11. The third-order valence-corrected chi connectivity index (χ3v) is 3.66. The first-order valence-corrected chi connectivity index (χ1v) is 7.29. The van der Waals surface area contributed by atoms with Crippen molar-refractivity contribution in [3.63, 3.8) is 0 Å². The van der Waals surface area contributed by atoms with Crippen LogP contribution in [0.5, 0.6) is 0 Å². The van der Waals surface area contributed by atoms with E-state index < -0.39 is 16.0 Å². The van der Waals surface area contributed by atoms with Crippen LogP contribution >= 0.6 is 0 Å². The van der Waals surface area contributed by atoms with Crippen molar-refractivity contribution in [1.82, 2.24) is 4.72 Å². The van der Waals surface area contributed by atoms with Gasteiger partial charge < -0.3 is 5.11 Å². The van der Waals surface area contributed by atoms with E-state index in [1.54, 1.807) is 6.92 Å². The zero-order chi connectivity index (χ0) is 14.3. The van der Waals surface area contributed by atoms with Crippen molar-refractivity contribution in [2.24, 2.45) is 0 Å². The number of carboxylic acids is 1. The molecule has 0 saturated heterocycles. The van der Waals surface area contributed by atoms with E-state index in [2.05, 4.69) is 16.6 Å². The first-order valence-electron chi connectivity index (χ1n) is 5.64. The average Bonchev–Trinajstić information content (AvgIpc) is 2.35. The van der Waals surface area contributed by atoms with E-state index >= 15 is 0 Å². The summed E-state index contributed by atoms with van der Waals surface area (Å²) in [5.41, 5.74) is 0.673. The zero-order valence-electron chi connectivity index (χ0n) is 10.5. The van der Waals surface area contributed by atoms with Crippen LogP contribution in [0, 0.1) is 11.8 Å². The summed E-state index contributed by atoms with van der Waals surface area (Å²) in [7, 11) is -3.41. The number of carbonyl (C=O) groups is 1. The maximum atomic E-state index is 11.7. The van der Waals surface area contributed by atoms with Crippen LogP contribution in [0.1, 0.15) is 29.3 Å². The number of rotatable bonds is 6. The van der Waals surface area contributed by atoms with Gasteiger partial charge in [0.25, 0.3) is 0 Å². The molecule has 0 aliphatic heterocycles. The molecule has 1 rings (SSSR count). The van der Waals surface area contributed by atoms with Crippen LogP contribution in [-0.4, -0.2) is 26.0 Å². The van der Waals surface area contributed by atoms with Crippen molar-refractivity contribution >= 4 is 16.0 Å². The van der Waals surface area contributed by atoms with E-state index in [1.807, 2.05) is 0 Å². The first-order chi connectivity index (χ1) is 8.94. The van der Waals surface area contributed by atoms with Gasteiger partial charge in [0.2, 0.25) is 10.0 Å². The molecule has 0 aliphatic carbocycles. The van der Waals surface area contributed by atoms with Crippen LogP contribution in [0.25, 0.3) is 0 Å². The minimum atomic E-state index is -3.41. The van der Waals surface area contributed by atoms with Crippen molar-refractivity contribution in [1.29, 1.82) is 0 Å². The predicted octanol–water partition coefficient (Wildman–Crippen LogP) is 1.22. The Morgan fingerprint density at radius 1 is 1.32 bits per heavy atom. The Kier molecular flexibility index (Phi) is 5.55. The van der Waals surface area contributed by atoms with Crippen LogP contribution in [-0.2, 0) is 15.8 Å². The van der Waals surface area contributed by atoms with Gasteiger partial charge in [0.05, 0.1) is 11.3 Å². The average molecular weight is 281 g/mol. The van der Waals surface area contributed by atoms with E-state index in [9.17, 15) is 13.2 Å². The smallest absolute Gasteiger partial charge is 0.335 e. The fraction of sp³-hybridized carbons (Fsp3) is 0.308. The van der Waals surface area contributed by atoms with Gasteiger partial charge in [-0.05, 0) is 24.6 Å². The van der Waals surface area contributed by atoms with Crippen molar-refractivity contribution in [2.75, 3.05) is 6.54 Å². The standard InChI is InChI=1S/C13H15NO4S/c1-2-3-4-9-14-19(17,18)10-11-5-7-12(8-6-11)13(15)16/h5-8,14H,4,9-10H2,1H3,(H,15,16). The third kappa shape index (κ3) is 5.55. The second-order valence-corrected chi connectivity index (χ2v) is 5.64. The molecule has 2 N–H and O–H groups in total. The van der Waals surface area contributed by atoms with E-state index in [1.165, 1.54) is 24.3 Å². The molecule has 0 saturated carbocycles. The fourth-order valence-corrected chi connectivity index (χ4v) is 2.55. The summed E-state index contributed by atoms with van der Waals surface area (Å²) in [6.45, 7) is 1.97. The second-order valence-electron chi connectivity index (χ2n) is 3.83. The van der Waals surface area contributed by atoms with E-state index in [-0.39, 0.29) is 17.9 Å². The molecule has 0 spiro atoms. The quantitative estimate of drug-likeness (QED) is 0.606. The van der Waals surface area contributed by atoms with Crippen LogP contribution < -0.4 is 4.72 Å². The topological polar surface area (TPSA) is 83.5 Å². The lowest BCUT2D eigenvalue weighted by Gasteiger charge is -2.05. The summed E-state index contributed by atoms with van der Waals surface area (Å²) in [5.74, 6) is 4.23. The molecule has 0 aliphatic rings. The molecule has 0 heterocycles. The van der Waals surface area contributed by atoms with Gasteiger partial charge in [-0.2, -0.15) is 0 Å². The van der Waals surface area contributed by atoms with Crippen molar-refractivity contribution in [2.45, 2.75) is 19.1 Å². The Morgan fingerprint density at radius 2 is 1.95 bits per heavy atom. The minimum Gasteiger partial charge on any atom is -0.478 e. The van der Waals surface area contributed by atoms with Crippen LogP contribution in [0.3, 0.4) is 0 Å². The first kappa shape index (κ1) is 15.2. The van der Waals surface area contributed by atoms with Crippen LogP contribution in [0.4, 0.5) is 0 Å². The molecule has 102 valence electrons. The molecule has 0 fully saturated rings. The van der Waals surface area contributed by atoms with Gasteiger partial charge in [0, 0.05) is 13.0 Å². The summed E-state index contributed by atoms with van der Waals surface area (Å²) in [6, 6.07) is 5.76. The third-order valence-electron chi connectivity index (χ3n) is 2.31. The summed E-state index contributed by atoms with van der Waals surface area (Å²) in [4.78, 5) is 10.7. The molecule has 0 radical (unpaired) electrons. The van der Waals surface area contributed by atoms with E-state index in [4.69, 9.17) is 5.11 Å². The maximum Gasteiger partial charge on any atom is 0.335 e. The minimum absolute atomic E-state index is 0.132. The van der Waals surface area contributed by atoms with E-state index in [0.29, 0.717) is 12.0 Å². The zero-order valence-corrected chi connectivity index (χ0v) is 11.3. The largest absolute Gasteiger partial charge is 0.478 e. The normalized spacial score (nSPS) is 10.6. The lowest BCUT2D eigenvalue weighted by molar-refractivity contribution is 0.0697. The summed E-state index contributed by atoms with van der Waals surface area (Å²) in [5, 5.41) is 8.73. The number of aromatic carboxylic acids is 1. The van der Waals surface area contributed by atoms with Crippen molar-refractivity contribution < 1.29 is 18.3 Å². The maximum absolute atomic E-state index is 11.7. The fourth-order valence-electron chi connectivity index (χ4n) is 1.41. The number of hydrogen-bond donors (Lipinski definition) is 2. The Morgan fingerprint density at radius 3 is 2.47 bits per heavy atom. The monoisotopic (exact) mass is 281 g/mol. The molecule has 0 bridgehead atoms. The molecule has 0 amide bonds. The molecular weight excluding hydrogens is 266 g/mol. The van der Waals surface area contributed by atoms with Gasteiger partial charge in [-0.15, -0.1) is 11.8 Å². The number of hydrogen-bond acceptors (Lipinski definition) is 3. The lowest BCUT2D eigenvalue weighted by atomic mass is 10.1. The summed E-state index contributed by atoms with van der Waals surface area (Å²) in [6.07, 6.45) is 0.466. The van der Waals surface area contributed by atoms with Crippen molar-refractivity contribution in [3.8, 4) is 11.8 Å². The molecule has 19 heavy (non-hydrogen) atoms. The number of carboxylic acid groups (broad SMARTS) is 1. The Hall–Kier alpha value is -1.84. The summed E-state index contributed by atoms with van der Waals surface area (Å²) < 4.78 is 25.8. The van der Waals surface area contributed by atoms with Gasteiger partial charge >= 0.3 is 5.97 Å². The molecule has 1 aromatic carbocycles. The molecule has 5 nitrogen and oxygen atoms in total. The highest BCUT2D eigenvalue weighted by molar-refractivity contribution is 7.88. The van der Waals surface area contributed by atoms with Gasteiger partial charge in [-0.3, -0.25) is 0 Å². The molecule has 0 atom stereocenters. The van der Waals surface area contributed by atoms with Crippen LogP contribution in [0.15, 0.2) is 24.3 Å². The van der Waals surface area contributed by atoms with Crippen molar-refractivity contribution in [3.05, 3.63) is 35.4 Å². The van der Waals surface area contributed by atoms with Crippen LogP contribution in [0.2, 0.25) is 0 Å². The SMILES string of the molecule is CC#CCCNS(=O)(=O)Cc1ccc(C(=O)O)cc1. The number of benzene rings is 1. The van der Waals surface area contributed by atoms with Gasteiger partial charge in [0.15, 0.2) is 0 Å². The highest BCUT2D eigenvalue weighted by Crippen LogP contribution is 2.07. The Balaban J connectivity index is 2.61.